The van der Waals surface area contributed by atoms with Crippen LogP contribution in [0.1, 0.15) is 32.1 Å². The Balaban J connectivity index is 1.67. The van der Waals surface area contributed by atoms with Crippen LogP contribution in [0.2, 0.25) is 0 Å². The summed E-state index contributed by atoms with van der Waals surface area (Å²) >= 11 is 0. The number of nitrogens with zero attached hydrogens (tertiary/aromatic N) is 2. The lowest BCUT2D eigenvalue weighted by Gasteiger charge is -2.13. The number of allylic oxidation sites excluding steroid dienone is 1. The number of fused-ring (bicyclic) bond motifs is 1. The SMILES string of the molecule is Nc1ccc(NCCC2=CCCCC2)c2nonc12. The van der Waals surface area contributed by atoms with E-state index >= 15 is 0 Å². The number of hydrogen-bond donors (Lipinski definition) is 2. The Labute approximate surface area is 111 Å². The quantitative estimate of drug-likeness (QED) is 0.651. The van der Waals surface area contributed by atoms with E-state index in [0.717, 1.165) is 18.7 Å². The number of nitrogen functional groups attached to an aromatic ring is 1. The van der Waals surface area contributed by atoms with E-state index in [-0.39, 0.29) is 0 Å². The average molecular weight is 258 g/mol. The van der Waals surface area contributed by atoms with Gasteiger partial charge in [0.15, 0.2) is 11.0 Å². The average Bonchev–Trinajstić information content (AvgIpc) is 2.93. The van der Waals surface area contributed by atoms with Crippen LogP contribution in [0.25, 0.3) is 11.0 Å². The van der Waals surface area contributed by atoms with E-state index in [9.17, 15) is 0 Å². The van der Waals surface area contributed by atoms with Gasteiger partial charge in [0.2, 0.25) is 0 Å². The van der Waals surface area contributed by atoms with E-state index in [0.29, 0.717) is 16.7 Å². The monoisotopic (exact) mass is 258 g/mol. The van der Waals surface area contributed by atoms with Crippen molar-refractivity contribution in [3.8, 4) is 0 Å². The van der Waals surface area contributed by atoms with Crippen molar-refractivity contribution in [2.75, 3.05) is 17.6 Å². The molecule has 0 saturated carbocycles. The maximum absolute atomic E-state index is 5.82. The Morgan fingerprint density at radius 2 is 2.11 bits per heavy atom. The first-order valence-electron chi connectivity index (χ1n) is 6.77. The molecule has 0 aliphatic heterocycles. The van der Waals surface area contributed by atoms with Crippen molar-refractivity contribution in [2.24, 2.45) is 0 Å². The Hall–Kier alpha value is -2.04. The molecular formula is C14H18N4O. The molecule has 0 atom stereocenters. The number of nitrogens with one attached hydrogen (secondary N) is 1. The van der Waals surface area contributed by atoms with Crippen LogP contribution in [-0.2, 0) is 0 Å². The van der Waals surface area contributed by atoms with Crippen LogP contribution < -0.4 is 11.1 Å². The van der Waals surface area contributed by atoms with Crippen molar-refractivity contribution in [1.82, 2.24) is 10.3 Å². The summed E-state index contributed by atoms with van der Waals surface area (Å²) < 4.78 is 4.75. The summed E-state index contributed by atoms with van der Waals surface area (Å²) in [5, 5.41) is 11.1. The third-order valence-electron chi connectivity index (χ3n) is 3.59. The molecule has 5 nitrogen and oxygen atoms in total. The fourth-order valence-electron chi connectivity index (χ4n) is 2.52. The molecule has 0 bridgehead atoms. The Kier molecular flexibility index (Phi) is 3.35. The first-order valence-corrected chi connectivity index (χ1v) is 6.77. The van der Waals surface area contributed by atoms with E-state index in [2.05, 4.69) is 21.7 Å². The number of aromatic nitrogens is 2. The minimum atomic E-state index is 0.594. The molecule has 100 valence electrons. The molecule has 0 fully saturated rings. The molecule has 0 saturated heterocycles. The first-order chi connectivity index (χ1) is 9.34. The Morgan fingerprint density at radius 3 is 2.95 bits per heavy atom. The molecular weight excluding hydrogens is 240 g/mol. The van der Waals surface area contributed by atoms with Crippen molar-refractivity contribution in [3.05, 3.63) is 23.8 Å². The van der Waals surface area contributed by atoms with Crippen LogP contribution in [0.5, 0.6) is 0 Å². The van der Waals surface area contributed by atoms with Gasteiger partial charge in [0.25, 0.3) is 0 Å². The van der Waals surface area contributed by atoms with Crippen molar-refractivity contribution >= 4 is 22.4 Å². The number of anilines is 2. The van der Waals surface area contributed by atoms with Crippen LogP contribution in [0.15, 0.2) is 28.4 Å². The molecule has 2 aromatic rings. The largest absolute Gasteiger partial charge is 0.397 e. The molecule has 0 unspecified atom stereocenters. The highest BCUT2D eigenvalue weighted by Gasteiger charge is 2.10. The normalized spacial score (nSPS) is 15.5. The van der Waals surface area contributed by atoms with Crippen molar-refractivity contribution in [3.63, 3.8) is 0 Å². The maximum Gasteiger partial charge on any atom is 0.160 e. The van der Waals surface area contributed by atoms with Crippen LogP contribution in [0.4, 0.5) is 11.4 Å². The molecule has 1 aromatic heterocycles. The molecule has 19 heavy (non-hydrogen) atoms. The lowest BCUT2D eigenvalue weighted by Crippen LogP contribution is -2.05. The van der Waals surface area contributed by atoms with E-state index in [1.54, 1.807) is 5.57 Å². The van der Waals surface area contributed by atoms with E-state index < -0.39 is 0 Å². The minimum Gasteiger partial charge on any atom is -0.397 e. The highest BCUT2D eigenvalue weighted by Crippen LogP contribution is 2.26. The predicted molar refractivity (Wildman–Crippen MR) is 75.9 cm³/mol. The minimum absolute atomic E-state index is 0.594. The fourth-order valence-corrected chi connectivity index (χ4v) is 2.52. The second-order valence-corrected chi connectivity index (χ2v) is 4.95. The maximum atomic E-state index is 5.82. The summed E-state index contributed by atoms with van der Waals surface area (Å²) in [5.41, 5.74) is 10.2. The Morgan fingerprint density at radius 1 is 1.21 bits per heavy atom. The number of benzene rings is 1. The van der Waals surface area contributed by atoms with E-state index in [1.807, 2.05) is 12.1 Å². The van der Waals surface area contributed by atoms with E-state index in [4.69, 9.17) is 10.4 Å². The van der Waals surface area contributed by atoms with Gasteiger partial charge in [0, 0.05) is 6.54 Å². The lowest BCUT2D eigenvalue weighted by atomic mass is 9.97. The predicted octanol–water partition coefficient (Wildman–Crippen LogP) is 3.11. The summed E-state index contributed by atoms with van der Waals surface area (Å²) in [4.78, 5) is 0. The molecule has 0 radical (unpaired) electrons. The molecule has 1 aromatic carbocycles. The zero-order valence-electron chi connectivity index (χ0n) is 10.9. The van der Waals surface area contributed by atoms with Crippen molar-refractivity contribution < 1.29 is 4.63 Å². The molecule has 0 spiro atoms. The van der Waals surface area contributed by atoms with Gasteiger partial charge in [-0.25, -0.2) is 4.63 Å². The molecule has 5 heteroatoms. The number of nitrogens with two attached hydrogens (primary N) is 1. The number of rotatable bonds is 4. The topological polar surface area (TPSA) is 77.0 Å². The molecule has 1 heterocycles. The third kappa shape index (κ3) is 2.54. The Bertz CT molecular complexity index is 603. The summed E-state index contributed by atoms with van der Waals surface area (Å²) in [7, 11) is 0. The third-order valence-corrected chi connectivity index (χ3v) is 3.59. The van der Waals surface area contributed by atoms with Gasteiger partial charge in [0.1, 0.15) is 0 Å². The molecule has 1 aliphatic rings. The second kappa shape index (κ2) is 5.30. The molecule has 3 N–H and O–H groups in total. The molecule has 0 amide bonds. The van der Waals surface area contributed by atoms with Gasteiger partial charge in [-0.15, -0.1) is 0 Å². The standard InChI is InChI=1S/C14H18N4O/c15-11-6-7-12(14-13(11)17-19-18-14)16-9-8-10-4-2-1-3-5-10/h4,6-7,16H,1-3,5,8-9,15H2. The number of hydrogen-bond acceptors (Lipinski definition) is 5. The van der Waals surface area contributed by atoms with Gasteiger partial charge >= 0.3 is 0 Å². The van der Waals surface area contributed by atoms with Crippen molar-refractivity contribution in [2.45, 2.75) is 32.1 Å². The zero-order chi connectivity index (χ0) is 13.1. The van der Waals surface area contributed by atoms with Gasteiger partial charge in [-0.05, 0) is 54.6 Å². The van der Waals surface area contributed by atoms with E-state index in [1.165, 1.54) is 25.7 Å². The zero-order valence-corrected chi connectivity index (χ0v) is 10.9. The van der Waals surface area contributed by atoms with Crippen LogP contribution in [-0.4, -0.2) is 16.9 Å². The lowest BCUT2D eigenvalue weighted by molar-refractivity contribution is 0.316. The highest BCUT2D eigenvalue weighted by molar-refractivity contribution is 5.94. The summed E-state index contributed by atoms with van der Waals surface area (Å²) in [6.45, 7) is 0.901. The highest BCUT2D eigenvalue weighted by atomic mass is 16.6. The smallest absolute Gasteiger partial charge is 0.160 e. The fraction of sp³-hybridized carbons (Fsp3) is 0.429. The van der Waals surface area contributed by atoms with Crippen LogP contribution >= 0.6 is 0 Å². The second-order valence-electron chi connectivity index (χ2n) is 4.95. The van der Waals surface area contributed by atoms with Gasteiger partial charge in [0.05, 0.1) is 11.4 Å². The van der Waals surface area contributed by atoms with Gasteiger partial charge < -0.3 is 11.1 Å². The molecule has 1 aliphatic carbocycles. The van der Waals surface area contributed by atoms with Gasteiger partial charge in [-0.3, -0.25) is 0 Å². The van der Waals surface area contributed by atoms with Gasteiger partial charge in [-0.1, -0.05) is 11.6 Å². The summed E-state index contributed by atoms with van der Waals surface area (Å²) in [5.74, 6) is 0. The summed E-state index contributed by atoms with van der Waals surface area (Å²) in [6.07, 6.45) is 8.59. The van der Waals surface area contributed by atoms with Gasteiger partial charge in [-0.2, -0.15) is 0 Å². The first kappa shape index (κ1) is 12.0. The molecule has 3 rings (SSSR count). The summed E-state index contributed by atoms with van der Waals surface area (Å²) in [6, 6.07) is 3.76. The van der Waals surface area contributed by atoms with Crippen LogP contribution in [0, 0.1) is 0 Å². The van der Waals surface area contributed by atoms with Crippen LogP contribution in [0.3, 0.4) is 0 Å². The van der Waals surface area contributed by atoms with Crippen molar-refractivity contribution in [1.29, 1.82) is 0 Å².